The van der Waals surface area contributed by atoms with Crippen LogP contribution in [0.15, 0.2) is 54.6 Å². The molecule has 0 aliphatic rings. The van der Waals surface area contributed by atoms with Crippen LogP contribution in [0.25, 0.3) is 22.2 Å². The highest BCUT2D eigenvalue weighted by Gasteiger charge is 2.12. The highest BCUT2D eigenvalue weighted by molar-refractivity contribution is 5.93. The number of benzene rings is 2. The molecule has 0 bridgehead atoms. The molecule has 0 fully saturated rings. The summed E-state index contributed by atoms with van der Waals surface area (Å²) in [6.45, 7) is 3.38. The Balaban J connectivity index is 2.26. The zero-order chi connectivity index (χ0) is 14.9. The van der Waals surface area contributed by atoms with Gasteiger partial charge in [-0.15, -0.1) is 0 Å². The van der Waals surface area contributed by atoms with Gasteiger partial charge in [0, 0.05) is 10.9 Å². The van der Waals surface area contributed by atoms with Crippen LogP contribution in [0, 0.1) is 11.8 Å². The number of aromatic nitrogens is 1. The third-order valence-corrected chi connectivity index (χ3v) is 3.26. The third-order valence-electron chi connectivity index (χ3n) is 3.26. The molecule has 0 saturated carbocycles. The molecule has 0 aliphatic heterocycles. The molecule has 2 N–H and O–H groups in total. The Morgan fingerprint density at radius 2 is 1.62 bits per heavy atom. The van der Waals surface area contributed by atoms with E-state index in [9.17, 15) is 5.11 Å². The van der Waals surface area contributed by atoms with Crippen LogP contribution in [0.1, 0.15) is 19.4 Å². The predicted octanol–water partition coefficient (Wildman–Crippen LogP) is 3.96. The van der Waals surface area contributed by atoms with Crippen molar-refractivity contribution in [3.63, 3.8) is 0 Å². The van der Waals surface area contributed by atoms with Gasteiger partial charge in [0.15, 0.2) is 0 Å². The number of aliphatic hydroxyl groups is 1. The third kappa shape index (κ3) is 2.84. The largest absolute Gasteiger partial charge is 0.378 e. The van der Waals surface area contributed by atoms with Crippen LogP contribution in [0.2, 0.25) is 0 Å². The van der Waals surface area contributed by atoms with Gasteiger partial charge in [-0.05, 0) is 25.5 Å². The molecule has 0 radical (unpaired) electrons. The number of hydrogen-bond acceptors (Lipinski definition) is 1. The van der Waals surface area contributed by atoms with E-state index in [-0.39, 0.29) is 0 Å². The van der Waals surface area contributed by atoms with E-state index < -0.39 is 5.60 Å². The van der Waals surface area contributed by atoms with E-state index in [2.05, 4.69) is 29.0 Å². The van der Waals surface area contributed by atoms with Gasteiger partial charge in [-0.3, -0.25) is 0 Å². The van der Waals surface area contributed by atoms with E-state index in [4.69, 9.17) is 0 Å². The van der Waals surface area contributed by atoms with Crippen LogP contribution in [-0.2, 0) is 0 Å². The van der Waals surface area contributed by atoms with Crippen molar-refractivity contribution in [3.8, 4) is 23.1 Å². The first-order valence-electron chi connectivity index (χ1n) is 6.96. The summed E-state index contributed by atoms with van der Waals surface area (Å²) >= 11 is 0. The van der Waals surface area contributed by atoms with Crippen LogP contribution in [0.4, 0.5) is 0 Å². The van der Waals surface area contributed by atoms with Crippen LogP contribution in [0.3, 0.4) is 0 Å². The zero-order valence-corrected chi connectivity index (χ0v) is 12.1. The molecule has 3 aromatic rings. The minimum absolute atomic E-state index is 0.930. The van der Waals surface area contributed by atoms with Gasteiger partial charge in [-0.25, -0.2) is 0 Å². The molecule has 0 spiro atoms. The molecular formula is C19H17NO. The smallest absolute Gasteiger partial charge is 0.120 e. The Bertz CT molecular complexity index is 827. The monoisotopic (exact) mass is 275 g/mol. The molecule has 1 heterocycles. The van der Waals surface area contributed by atoms with Gasteiger partial charge in [-0.1, -0.05) is 60.4 Å². The summed E-state index contributed by atoms with van der Waals surface area (Å²) in [5.74, 6) is 6.06. The molecule has 0 aliphatic carbocycles. The molecule has 2 aromatic carbocycles. The number of aromatic amines is 1. The molecule has 1 aromatic heterocycles. The summed E-state index contributed by atoms with van der Waals surface area (Å²) in [5, 5.41) is 10.9. The molecule has 2 heteroatoms. The van der Waals surface area contributed by atoms with Crippen LogP contribution in [-0.4, -0.2) is 15.7 Å². The fourth-order valence-corrected chi connectivity index (χ4v) is 2.31. The standard InChI is InChI=1S/C19H17NO/c1-19(2,21)13-12-16-15-10-6-7-11-17(15)20-18(16)14-8-4-3-5-9-14/h3-11,20-21H,1-2H3. The Kier molecular flexibility index (Phi) is 3.29. The first-order valence-corrected chi connectivity index (χ1v) is 6.96. The normalized spacial score (nSPS) is 11.2. The van der Waals surface area contributed by atoms with E-state index in [1.807, 2.05) is 42.5 Å². The summed E-state index contributed by atoms with van der Waals surface area (Å²) in [6.07, 6.45) is 0. The molecule has 0 unspecified atom stereocenters. The summed E-state index contributed by atoms with van der Waals surface area (Å²) in [4.78, 5) is 3.43. The maximum Gasteiger partial charge on any atom is 0.120 e. The average Bonchev–Trinajstić information content (AvgIpc) is 2.84. The van der Waals surface area contributed by atoms with Crippen LogP contribution >= 0.6 is 0 Å². The Morgan fingerprint density at radius 3 is 2.33 bits per heavy atom. The summed E-state index contributed by atoms with van der Waals surface area (Å²) in [6, 6.07) is 18.2. The lowest BCUT2D eigenvalue weighted by Gasteiger charge is -2.06. The van der Waals surface area contributed by atoms with Crippen molar-refractivity contribution in [1.29, 1.82) is 0 Å². The molecule has 3 rings (SSSR count). The van der Waals surface area contributed by atoms with Gasteiger partial charge < -0.3 is 10.1 Å². The fourth-order valence-electron chi connectivity index (χ4n) is 2.31. The first-order chi connectivity index (χ1) is 10.0. The number of hydrogen-bond donors (Lipinski definition) is 2. The number of fused-ring (bicyclic) bond motifs is 1. The number of para-hydroxylation sites is 1. The molecule has 104 valence electrons. The summed E-state index contributed by atoms with van der Waals surface area (Å²) in [5.41, 5.74) is 3.06. The Hall–Kier alpha value is -2.50. The second-order valence-corrected chi connectivity index (χ2v) is 5.60. The van der Waals surface area contributed by atoms with E-state index in [1.54, 1.807) is 13.8 Å². The fraction of sp³-hybridized carbons (Fsp3) is 0.158. The molecular weight excluding hydrogens is 258 g/mol. The van der Waals surface area contributed by atoms with Crippen molar-refractivity contribution in [2.45, 2.75) is 19.4 Å². The van der Waals surface area contributed by atoms with Gasteiger partial charge in [0.1, 0.15) is 5.60 Å². The lowest BCUT2D eigenvalue weighted by molar-refractivity contribution is 0.143. The maximum atomic E-state index is 9.87. The number of H-pyrrole nitrogens is 1. The minimum Gasteiger partial charge on any atom is -0.378 e. The van der Waals surface area contributed by atoms with E-state index in [0.29, 0.717) is 0 Å². The van der Waals surface area contributed by atoms with Crippen molar-refractivity contribution in [2.24, 2.45) is 0 Å². The zero-order valence-electron chi connectivity index (χ0n) is 12.1. The van der Waals surface area contributed by atoms with E-state index >= 15 is 0 Å². The quantitative estimate of drug-likeness (QED) is 0.648. The lowest BCUT2D eigenvalue weighted by atomic mass is 10.0. The van der Waals surface area contributed by atoms with E-state index in [0.717, 1.165) is 27.7 Å². The Labute approximate surface area is 124 Å². The second-order valence-electron chi connectivity index (χ2n) is 5.60. The summed E-state index contributed by atoms with van der Waals surface area (Å²) < 4.78 is 0. The van der Waals surface area contributed by atoms with Gasteiger partial charge in [0.25, 0.3) is 0 Å². The molecule has 21 heavy (non-hydrogen) atoms. The Morgan fingerprint density at radius 1 is 0.952 bits per heavy atom. The number of nitrogens with one attached hydrogen (secondary N) is 1. The maximum absolute atomic E-state index is 9.87. The van der Waals surface area contributed by atoms with Gasteiger partial charge in [-0.2, -0.15) is 0 Å². The predicted molar refractivity (Wildman–Crippen MR) is 86.9 cm³/mol. The van der Waals surface area contributed by atoms with Crippen LogP contribution < -0.4 is 0 Å². The van der Waals surface area contributed by atoms with Gasteiger partial charge in [0.05, 0.1) is 11.3 Å². The van der Waals surface area contributed by atoms with Gasteiger partial charge in [0.2, 0.25) is 0 Å². The SMILES string of the molecule is CC(C)(O)C#Cc1c(-c2ccccc2)[nH]c2ccccc12. The highest BCUT2D eigenvalue weighted by Crippen LogP contribution is 2.29. The van der Waals surface area contributed by atoms with Crippen molar-refractivity contribution in [3.05, 3.63) is 60.2 Å². The van der Waals surface area contributed by atoms with Crippen molar-refractivity contribution >= 4 is 10.9 Å². The van der Waals surface area contributed by atoms with E-state index in [1.165, 1.54) is 0 Å². The molecule has 0 saturated heterocycles. The molecule has 0 amide bonds. The highest BCUT2D eigenvalue weighted by atomic mass is 16.3. The van der Waals surface area contributed by atoms with Crippen molar-refractivity contribution in [1.82, 2.24) is 4.98 Å². The first kappa shape index (κ1) is 13.5. The minimum atomic E-state index is -1.01. The van der Waals surface area contributed by atoms with Crippen LogP contribution in [0.5, 0.6) is 0 Å². The van der Waals surface area contributed by atoms with Crippen molar-refractivity contribution in [2.75, 3.05) is 0 Å². The average molecular weight is 275 g/mol. The van der Waals surface area contributed by atoms with Gasteiger partial charge >= 0.3 is 0 Å². The summed E-state index contributed by atoms with van der Waals surface area (Å²) in [7, 11) is 0. The topological polar surface area (TPSA) is 36.0 Å². The lowest BCUT2D eigenvalue weighted by Crippen LogP contribution is -2.14. The number of rotatable bonds is 1. The molecule has 2 nitrogen and oxygen atoms in total. The molecule has 0 atom stereocenters. The second kappa shape index (κ2) is 5.12. The van der Waals surface area contributed by atoms with Crippen molar-refractivity contribution < 1.29 is 5.11 Å².